The summed E-state index contributed by atoms with van der Waals surface area (Å²) in [7, 11) is 1.33. The molecule has 1 aromatic heterocycles. The van der Waals surface area contributed by atoms with Gasteiger partial charge in [-0.1, -0.05) is 17.3 Å². The maximum Gasteiger partial charge on any atom is 0.342 e. The van der Waals surface area contributed by atoms with Crippen molar-refractivity contribution in [2.24, 2.45) is 0 Å². The van der Waals surface area contributed by atoms with Gasteiger partial charge in [-0.05, 0) is 31.5 Å². The van der Waals surface area contributed by atoms with Crippen LogP contribution in [0.5, 0.6) is 5.75 Å². The largest absolute Gasteiger partial charge is 0.496 e. The standard InChI is InChI=1S/C19H16FN3O6/c1-10-4-5-12(8-15(10)20)17-21-18(29-22-17)11(2)28-19(24)14-9-13(23(25)26)6-7-16(14)27-3/h4-9,11H,1-3H3. The summed E-state index contributed by atoms with van der Waals surface area (Å²) >= 11 is 0. The van der Waals surface area contributed by atoms with Crippen LogP contribution in [-0.4, -0.2) is 28.1 Å². The monoisotopic (exact) mass is 401 g/mol. The first-order chi connectivity index (χ1) is 13.8. The third-order valence-electron chi connectivity index (χ3n) is 4.12. The van der Waals surface area contributed by atoms with Crippen LogP contribution in [0.3, 0.4) is 0 Å². The van der Waals surface area contributed by atoms with Gasteiger partial charge in [-0.25, -0.2) is 9.18 Å². The topological polar surface area (TPSA) is 118 Å². The summed E-state index contributed by atoms with van der Waals surface area (Å²) in [6.45, 7) is 3.12. The van der Waals surface area contributed by atoms with Gasteiger partial charge in [0.1, 0.15) is 17.1 Å². The molecule has 1 unspecified atom stereocenters. The average molecular weight is 401 g/mol. The maximum absolute atomic E-state index is 13.7. The van der Waals surface area contributed by atoms with Crippen molar-refractivity contribution < 1.29 is 28.1 Å². The van der Waals surface area contributed by atoms with Crippen LogP contribution in [-0.2, 0) is 4.74 Å². The van der Waals surface area contributed by atoms with Gasteiger partial charge >= 0.3 is 5.97 Å². The molecule has 0 radical (unpaired) electrons. The van der Waals surface area contributed by atoms with E-state index in [9.17, 15) is 19.3 Å². The lowest BCUT2D eigenvalue weighted by Crippen LogP contribution is -2.11. The second kappa shape index (κ2) is 8.05. The molecule has 1 atom stereocenters. The highest BCUT2D eigenvalue weighted by Crippen LogP contribution is 2.27. The number of nitro groups is 1. The molecule has 0 N–H and O–H groups in total. The summed E-state index contributed by atoms with van der Waals surface area (Å²) in [5.41, 5.74) is 0.480. The van der Waals surface area contributed by atoms with Gasteiger partial charge in [0.05, 0.1) is 12.0 Å². The highest BCUT2D eigenvalue weighted by atomic mass is 19.1. The van der Waals surface area contributed by atoms with Crippen LogP contribution in [0, 0.1) is 22.9 Å². The maximum atomic E-state index is 13.7. The fourth-order valence-corrected chi connectivity index (χ4v) is 2.49. The number of ether oxygens (including phenoxy) is 2. The predicted molar refractivity (Wildman–Crippen MR) is 97.9 cm³/mol. The molecular weight excluding hydrogens is 385 g/mol. The van der Waals surface area contributed by atoms with E-state index >= 15 is 0 Å². The van der Waals surface area contributed by atoms with Crippen LogP contribution in [0.15, 0.2) is 40.9 Å². The summed E-state index contributed by atoms with van der Waals surface area (Å²) in [5, 5.41) is 14.7. The van der Waals surface area contributed by atoms with E-state index in [-0.39, 0.29) is 28.7 Å². The van der Waals surface area contributed by atoms with E-state index in [4.69, 9.17) is 14.0 Å². The number of aryl methyl sites for hydroxylation is 1. The van der Waals surface area contributed by atoms with E-state index in [0.717, 1.165) is 6.07 Å². The number of halogens is 1. The van der Waals surface area contributed by atoms with Crippen molar-refractivity contribution in [2.75, 3.05) is 7.11 Å². The minimum absolute atomic E-state index is 0.0151. The van der Waals surface area contributed by atoms with E-state index < -0.39 is 22.8 Å². The normalized spacial score (nSPS) is 11.7. The predicted octanol–water partition coefficient (Wildman–Crippen LogP) is 4.02. The molecular formula is C19H16FN3O6. The number of methoxy groups -OCH3 is 1. The fourth-order valence-electron chi connectivity index (χ4n) is 2.49. The molecule has 10 heteroatoms. The zero-order valence-corrected chi connectivity index (χ0v) is 15.7. The Bertz CT molecular complexity index is 1080. The molecule has 150 valence electrons. The molecule has 0 aliphatic rings. The van der Waals surface area contributed by atoms with Gasteiger partial charge in [0.2, 0.25) is 5.82 Å². The molecule has 9 nitrogen and oxygen atoms in total. The summed E-state index contributed by atoms with van der Waals surface area (Å²) in [6, 6.07) is 8.06. The first kappa shape index (κ1) is 19.9. The number of non-ortho nitro benzene ring substituents is 1. The molecule has 1 heterocycles. The zero-order valence-electron chi connectivity index (χ0n) is 15.7. The lowest BCUT2D eigenvalue weighted by atomic mass is 10.1. The molecule has 3 rings (SSSR count). The number of rotatable bonds is 6. The highest BCUT2D eigenvalue weighted by Gasteiger charge is 2.24. The summed E-state index contributed by atoms with van der Waals surface area (Å²) in [6.07, 6.45) is -0.956. The van der Waals surface area contributed by atoms with Crippen LogP contribution in [0.1, 0.15) is 34.8 Å². The first-order valence-electron chi connectivity index (χ1n) is 8.43. The van der Waals surface area contributed by atoms with Gasteiger partial charge in [0, 0.05) is 17.7 Å². The molecule has 0 fully saturated rings. The molecule has 0 bridgehead atoms. The number of carbonyl (C=O) groups is 1. The smallest absolute Gasteiger partial charge is 0.342 e. The molecule has 29 heavy (non-hydrogen) atoms. The molecule has 0 saturated carbocycles. The van der Waals surface area contributed by atoms with E-state index in [1.165, 1.54) is 32.2 Å². The van der Waals surface area contributed by atoms with Gasteiger partial charge in [-0.3, -0.25) is 10.1 Å². The average Bonchev–Trinajstić information content (AvgIpc) is 3.19. The van der Waals surface area contributed by atoms with Crippen LogP contribution >= 0.6 is 0 Å². The highest BCUT2D eigenvalue weighted by molar-refractivity contribution is 5.93. The second-order valence-corrected chi connectivity index (χ2v) is 6.11. The zero-order chi connectivity index (χ0) is 21.1. The van der Waals surface area contributed by atoms with Crippen LogP contribution in [0.25, 0.3) is 11.4 Å². The molecule has 2 aromatic carbocycles. The van der Waals surface area contributed by atoms with E-state index in [1.807, 2.05) is 0 Å². The van der Waals surface area contributed by atoms with Gasteiger partial charge in [0.25, 0.3) is 11.6 Å². The summed E-state index contributed by atoms with van der Waals surface area (Å²) in [4.78, 5) is 26.9. The number of nitrogens with zero attached hydrogens (tertiary/aromatic N) is 3. The fraction of sp³-hybridized carbons (Fsp3) is 0.211. The van der Waals surface area contributed by atoms with Crippen LogP contribution in [0.4, 0.5) is 10.1 Å². The van der Waals surface area contributed by atoms with Crippen molar-refractivity contribution in [3.8, 4) is 17.1 Å². The number of aromatic nitrogens is 2. The summed E-state index contributed by atoms with van der Waals surface area (Å²) in [5.74, 6) is -1.03. The summed E-state index contributed by atoms with van der Waals surface area (Å²) < 4.78 is 29.2. The second-order valence-electron chi connectivity index (χ2n) is 6.11. The van der Waals surface area contributed by atoms with Crippen LogP contribution < -0.4 is 4.74 Å². The molecule has 0 amide bonds. The first-order valence-corrected chi connectivity index (χ1v) is 8.43. The quantitative estimate of drug-likeness (QED) is 0.345. The molecule has 0 spiro atoms. The number of esters is 1. The molecule has 3 aromatic rings. The van der Waals surface area contributed by atoms with E-state index in [0.29, 0.717) is 11.1 Å². The number of hydrogen-bond acceptors (Lipinski definition) is 8. The minimum Gasteiger partial charge on any atom is -0.496 e. The Hall–Kier alpha value is -3.82. The van der Waals surface area contributed by atoms with Crippen molar-refractivity contribution in [1.29, 1.82) is 0 Å². The van der Waals surface area contributed by atoms with Crippen molar-refractivity contribution in [1.82, 2.24) is 10.1 Å². The number of carbonyl (C=O) groups excluding carboxylic acids is 1. The Morgan fingerprint density at radius 1 is 1.28 bits per heavy atom. The van der Waals surface area contributed by atoms with Crippen molar-refractivity contribution in [2.45, 2.75) is 20.0 Å². The van der Waals surface area contributed by atoms with Crippen molar-refractivity contribution in [3.05, 3.63) is 69.3 Å². The Balaban J connectivity index is 1.80. The van der Waals surface area contributed by atoms with Gasteiger partial charge in [-0.15, -0.1) is 0 Å². The van der Waals surface area contributed by atoms with Crippen LogP contribution in [0.2, 0.25) is 0 Å². The lowest BCUT2D eigenvalue weighted by Gasteiger charge is -2.11. The third kappa shape index (κ3) is 4.21. The minimum atomic E-state index is -0.956. The molecule has 0 aliphatic carbocycles. The Morgan fingerprint density at radius 2 is 2.03 bits per heavy atom. The van der Waals surface area contributed by atoms with E-state index in [1.54, 1.807) is 19.1 Å². The van der Waals surface area contributed by atoms with Gasteiger partial charge in [-0.2, -0.15) is 4.98 Å². The number of benzene rings is 2. The number of nitro benzene ring substituents is 1. The Labute approximate surface area is 164 Å². The molecule has 0 aliphatic heterocycles. The SMILES string of the molecule is COc1ccc([N+](=O)[O-])cc1C(=O)OC(C)c1nc(-c2ccc(C)c(F)c2)no1. The van der Waals surface area contributed by atoms with Crippen molar-refractivity contribution >= 4 is 11.7 Å². The Kier molecular flexibility index (Phi) is 5.53. The van der Waals surface area contributed by atoms with Crippen molar-refractivity contribution in [3.63, 3.8) is 0 Å². The van der Waals surface area contributed by atoms with Gasteiger partial charge < -0.3 is 14.0 Å². The molecule has 0 saturated heterocycles. The van der Waals surface area contributed by atoms with Gasteiger partial charge in [0.15, 0.2) is 6.10 Å². The lowest BCUT2D eigenvalue weighted by molar-refractivity contribution is -0.384. The Morgan fingerprint density at radius 3 is 2.69 bits per heavy atom. The third-order valence-corrected chi connectivity index (χ3v) is 4.12. The number of hydrogen-bond donors (Lipinski definition) is 0. The van der Waals surface area contributed by atoms with E-state index in [2.05, 4.69) is 10.1 Å².